The molecular formula is C12H10O2. The molecule has 0 amide bonds. The third-order valence-electron chi connectivity index (χ3n) is 2.18. The van der Waals surface area contributed by atoms with Gasteiger partial charge in [-0.2, -0.15) is 0 Å². The number of Topliss-reactive ketones (excluding diaryl/α,β-unsaturated/α-hetero) is 1. The number of hydrogen-bond acceptors (Lipinski definition) is 2. The highest BCUT2D eigenvalue weighted by Crippen LogP contribution is 2.22. The van der Waals surface area contributed by atoms with Gasteiger partial charge in [0.25, 0.3) is 0 Å². The highest BCUT2D eigenvalue weighted by molar-refractivity contribution is 6.22. The number of aromatic hydroxyl groups is 1. The summed E-state index contributed by atoms with van der Waals surface area (Å²) in [5, 5.41) is 9.10. The number of ketones is 1. The number of phenols is 1. The number of hydrogen-bond donors (Lipinski definition) is 1. The molecule has 1 aromatic carbocycles. The summed E-state index contributed by atoms with van der Waals surface area (Å²) in [5.41, 5.74) is 1.57. The molecule has 14 heavy (non-hydrogen) atoms. The standard InChI is InChI=1S/C12H10O2/c13-10-7-5-9(6-8-10)11-3-1-2-4-12(11)14/h1-3,5-8,13H,4H2. The average Bonchev–Trinajstić information content (AvgIpc) is 2.20. The van der Waals surface area contributed by atoms with Gasteiger partial charge in [0.15, 0.2) is 5.78 Å². The lowest BCUT2D eigenvalue weighted by Gasteiger charge is -2.07. The Kier molecular flexibility index (Phi) is 2.19. The van der Waals surface area contributed by atoms with Crippen molar-refractivity contribution >= 4 is 11.4 Å². The van der Waals surface area contributed by atoms with E-state index in [0.717, 1.165) is 5.56 Å². The van der Waals surface area contributed by atoms with E-state index >= 15 is 0 Å². The van der Waals surface area contributed by atoms with Crippen LogP contribution in [0.2, 0.25) is 0 Å². The van der Waals surface area contributed by atoms with Crippen molar-refractivity contribution in [3.8, 4) is 5.75 Å². The van der Waals surface area contributed by atoms with Crippen LogP contribution >= 0.6 is 0 Å². The van der Waals surface area contributed by atoms with Crippen molar-refractivity contribution in [2.45, 2.75) is 6.42 Å². The van der Waals surface area contributed by atoms with Crippen molar-refractivity contribution in [3.05, 3.63) is 48.1 Å². The molecule has 0 aliphatic heterocycles. The van der Waals surface area contributed by atoms with Gasteiger partial charge in [-0.3, -0.25) is 4.79 Å². The molecule has 2 rings (SSSR count). The Balaban J connectivity index is 2.39. The maximum absolute atomic E-state index is 11.5. The summed E-state index contributed by atoms with van der Waals surface area (Å²) in [5.74, 6) is 0.339. The summed E-state index contributed by atoms with van der Waals surface area (Å²) >= 11 is 0. The van der Waals surface area contributed by atoms with E-state index in [1.807, 2.05) is 12.2 Å². The number of carbonyl (C=O) groups is 1. The maximum Gasteiger partial charge on any atom is 0.167 e. The van der Waals surface area contributed by atoms with Gasteiger partial charge in [0.1, 0.15) is 5.75 Å². The predicted molar refractivity (Wildman–Crippen MR) is 54.8 cm³/mol. The van der Waals surface area contributed by atoms with Crippen LogP contribution in [0.15, 0.2) is 42.5 Å². The Morgan fingerprint density at radius 1 is 1.14 bits per heavy atom. The molecule has 0 fully saturated rings. The fraction of sp³-hybridized carbons (Fsp3) is 0.0833. The van der Waals surface area contributed by atoms with Crippen LogP contribution in [-0.4, -0.2) is 10.9 Å². The minimum Gasteiger partial charge on any atom is -0.508 e. The number of rotatable bonds is 1. The fourth-order valence-electron chi connectivity index (χ4n) is 1.44. The van der Waals surface area contributed by atoms with E-state index in [2.05, 4.69) is 0 Å². The first-order chi connectivity index (χ1) is 6.77. The molecule has 1 aliphatic rings. The van der Waals surface area contributed by atoms with Crippen LogP contribution in [0.5, 0.6) is 5.75 Å². The topological polar surface area (TPSA) is 37.3 Å². The Morgan fingerprint density at radius 3 is 2.50 bits per heavy atom. The van der Waals surface area contributed by atoms with Gasteiger partial charge in [-0.05, 0) is 17.7 Å². The van der Waals surface area contributed by atoms with Crippen LogP contribution in [0, 0.1) is 0 Å². The van der Waals surface area contributed by atoms with Crippen molar-refractivity contribution < 1.29 is 9.90 Å². The quantitative estimate of drug-likeness (QED) is 0.730. The number of carbonyl (C=O) groups excluding carboxylic acids is 1. The lowest BCUT2D eigenvalue weighted by Crippen LogP contribution is -2.02. The zero-order valence-electron chi connectivity index (χ0n) is 7.60. The zero-order chi connectivity index (χ0) is 9.97. The second-order valence-electron chi connectivity index (χ2n) is 3.18. The first-order valence-electron chi connectivity index (χ1n) is 4.47. The van der Waals surface area contributed by atoms with E-state index in [1.54, 1.807) is 30.3 Å². The van der Waals surface area contributed by atoms with E-state index in [0.29, 0.717) is 12.0 Å². The highest BCUT2D eigenvalue weighted by Gasteiger charge is 2.11. The molecule has 0 unspecified atom stereocenters. The minimum absolute atomic E-state index is 0.123. The molecule has 0 atom stereocenters. The molecule has 0 spiro atoms. The Labute approximate surface area is 82.2 Å². The molecule has 1 N–H and O–H groups in total. The maximum atomic E-state index is 11.5. The first kappa shape index (κ1) is 8.75. The summed E-state index contributed by atoms with van der Waals surface area (Å²) in [7, 11) is 0. The number of benzene rings is 1. The van der Waals surface area contributed by atoms with Gasteiger partial charge in [-0.25, -0.2) is 0 Å². The molecule has 70 valence electrons. The van der Waals surface area contributed by atoms with Gasteiger partial charge in [0, 0.05) is 12.0 Å². The third kappa shape index (κ3) is 1.59. The van der Waals surface area contributed by atoms with E-state index in [9.17, 15) is 4.79 Å². The van der Waals surface area contributed by atoms with Crippen molar-refractivity contribution in [2.75, 3.05) is 0 Å². The van der Waals surface area contributed by atoms with Gasteiger partial charge in [-0.15, -0.1) is 0 Å². The van der Waals surface area contributed by atoms with Crippen molar-refractivity contribution in [2.24, 2.45) is 0 Å². The summed E-state index contributed by atoms with van der Waals surface area (Å²) in [6.45, 7) is 0. The van der Waals surface area contributed by atoms with Gasteiger partial charge in [0.05, 0.1) is 0 Å². The van der Waals surface area contributed by atoms with Crippen LogP contribution in [0.3, 0.4) is 0 Å². The summed E-state index contributed by atoms with van der Waals surface area (Å²) < 4.78 is 0. The fourth-order valence-corrected chi connectivity index (χ4v) is 1.44. The second-order valence-corrected chi connectivity index (χ2v) is 3.18. The minimum atomic E-state index is 0.123. The molecule has 0 heterocycles. The molecule has 1 aromatic rings. The van der Waals surface area contributed by atoms with Crippen LogP contribution in [0.25, 0.3) is 5.57 Å². The molecule has 0 saturated heterocycles. The van der Waals surface area contributed by atoms with E-state index in [-0.39, 0.29) is 11.5 Å². The van der Waals surface area contributed by atoms with Gasteiger partial charge < -0.3 is 5.11 Å². The molecule has 0 radical (unpaired) electrons. The second kappa shape index (κ2) is 3.50. The largest absolute Gasteiger partial charge is 0.508 e. The van der Waals surface area contributed by atoms with Crippen molar-refractivity contribution in [1.29, 1.82) is 0 Å². The smallest absolute Gasteiger partial charge is 0.167 e. The molecule has 2 heteroatoms. The van der Waals surface area contributed by atoms with E-state index in [4.69, 9.17) is 5.11 Å². The summed E-state index contributed by atoms with van der Waals surface area (Å²) in [6.07, 6.45) is 5.99. The van der Waals surface area contributed by atoms with Gasteiger partial charge in [0.2, 0.25) is 0 Å². The van der Waals surface area contributed by atoms with Crippen LogP contribution in [-0.2, 0) is 4.79 Å². The van der Waals surface area contributed by atoms with Crippen LogP contribution in [0.4, 0.5) is 0 Å². The molecule has 0 saturated carbocycles. The highest BCUT2D eigenvalue weighted by atomic mass is 16.3. The Hall–Kier alpha value is -1.83. The Bertz CT molecular complexity index is 410. The molecule has 0 aromatic heterocycles. The zero-order valence-corrected chi connectivity index (χ0v) is 7.60. The lowest BCUT2D eigenvalue weighted by atomic mass is 9.96. The van der Waals surface area contributed by atoms with Gasteiger partial charge >= 0.3 is 0 Å². The lowest BCUT2D eigenvalue weighted by molar-refractivity contribution is -0.113. The van der Waals surface area contributed by atoms with Crippen molar-refractivity contribution in [1.82, 2.24) is 0 Å². The summed E-state index contributed by atoms with van der Waals surface area (Å²) in [4.78, 5) is 11.5. The van der Waals surface area contributed by atoms with Crippen LogP contribution < -0.4 is 0 Å². The molecule has 0 bridgehead atoms. The molecule has 2 nitrogen and oxygen atoms in total. The third-order valence-corrected chi connectivity index (χ3v) is 2.18. The number of allylic oxidation sites excluding steroid dienone is 4. The van der Waals surface area contributed by atoms with E-state index in [1.165, 1.54) is 0 Å². The van der Waals surface area contributed by atoms with Crippen LogP contribution in [0.1, 0.15) is 12.0 Å². The molecular weight excluding hydrogens is 176 g/mol. The van der Waals surface area contributed by atoms with E-state index < -0.39 is 0 Å². The SMILES string of the molecule is O=C1CC=CC=C1c1ccc(O)cc1. The first-order valence-corrected chi connectivity index (χ1v) is 4.47. The number of phenolic OH excluding ortho intramolecular Hbond substituents is 1. The summed E-state index contributed by atoms with van der Waals surface area (Å²) in [6, 6.07) is 6.67. The Morgan fingerprint density at radius 2 is 1.86 bits per heavy atom. The monoisotopic (exact) mass is 186 g/mol. The normalized spacial score (nSPS) is 15.4. The molecule has 1 aliphatic carbocycles. The van der Waals surface area contributed by atoms with Crippen molar-refractivity contribution in [3.63, 3.8) is 0 Å². The predicted octanol–water partition coefficient (Wildman–Crippen LogP) is 2.30. The van der Waals surface area contributed by atoms with Gasteiger partial charge in [-0.1, -0.05) is 30.4 Å². The average molecular weight is 186 g/mol.